The van der Waals surface area contributed by atoms with Crippen molar-refractivity contribution < 1.29 is 88.8 Å². The number of unbranched alkanes of at least 4 members (excludes halogenated alkanes) is 1. The van der Waals surface area contributed by atoms with E-state index in [9.17, 15) is 50.7 Å². The van der Waals surface area contributed by atoms with Gasteiger partial charge in [0.05, 0.1) is 59.9 Å². The Morgan fingerprint density at radius 1 is 0.692 bits per heavy atom. The molecule has 78 heavy (non-hydrogen) atoms. The molecule has 25 heteroatoms. The van der Waals surface area contributed by atoms with Crippen LogP contribution in [0.4, 0.5) is 41.1 Å². The highest BCUT2D eigenvalue weighted by atomic mass is 79.9. The Kier molecular flexibility index (Phi) is 24.1. The molecule has 1 aliphatic heterocycles. The molecule has 8 unspecified atom stereocenters. The number of imide groups is 1. The van der Waals surface area contributed by atoms with Gasteiger partial charge in [-0.25, -0.2) is 19.3 Å². The highest BCUT2D eigenvalue weighted by Gasteiger charge is 2.58. The first-order valence-corrected chi connectivity index (χ1v) is 27.8. The third-order valence-corrected chi connectivity index (χ3v) is 16.1. The topological polar surface area (TPSA) is 223 Å². The second-order valence-electron chi connectivity index (χ2n) is 26.3. The molecule has 0 radical (unpaired) electrons. The first-order chi connectivity index (χ1) is 35.6. The summed E-state index contributed by atoms with van der Waals surface area (Å²) in [5, 5.41) is 11.9. The summed E-state index contributed by atoms with van der Waals surface area (Å²) >= 11 is 3.48. The van der Waals surface area contributed by atoms with Crippen molar-refractivity contribution in [3.63, 3.8) is 0 Å². The highest BCUT2D eigenvalue weighted by molar-refractivity contribution is 9.09. The van der Waals surface area contributed by atoms with Gasteiger partial charge in [-0.15, -0.1) is 0 Å². The van der Waals surface area contributed by atoms with Crippen molar-refractivity contribution in [3.05, 3.63) is 0 Å². The molecule has 0 spiro atoms. The van der Waals surface area contributed by atoms with E-state index in [2.05, 4.69) is 58.0 Å². The molecule has 3 rings (SSSR count). The largest absolute Gasteiger partial charge is 0.514 e. The number of hydrogen-bond donors (Lipinski definition) is 5. The van der Waals surface area contributed by atoms with Crippen molar-refractivity contribution in [2.24, 2.45) is 32.5 Å². The molecule has 0 aromatic heterocycles. The summed E-state index contributed by atoms with van der Waals surface area (Å²) in [6.07, 6.45) is -3.22. The number of alkyl halides is 6. The van der Waals surface area contributed by atoms with Crippen LogP contribution in [0.25, 0.3) is 0 Å². The highest BCUT2D eigenvalue weighted by Crippen LogP contribution is 2.46. The Morgan fingerprint density at radius 2 is 1.22 bits per heavy atom. The molecule has 7 amide bonds. The number of rotatable bonds is 29. The number of hydrogen-bond acceptors (Lipinski definition) is 13. The van der Waals surface area contributed by atoms with Gasteiger partial charge in [0.25, 0.3) is 5.91 Å². The second kappa shape index (κ2) is 27.4. The van der Waals surface area contributed by atoms with Gasteiger partial charge in [-0.3, -0.25) is 14.5 Å². The van der Waals surface area contributed by atoms with E-state index in [1.165, 1.54) is 13.8 Å². The molecule has 2 saturated carbocycles. The Bertz CT molecular complexity index is 2060. The maximum atomic E-state index is 14.0. The predicted octanol–water partition coefficient (Wildman–Crippen LogP) is 7.57. The van der Waals surface area contributed by atoms with Crippen LogP contribution in [0.15, 0.2) is 0 Å². The fourth-order valence-corrected chi connectivity index (χ4v) is 11.7. The van der Waals surface area contributed by atoms with Crippen LogP contribution >= 0.6 is 15.9 Å². The van der Waals surface area contributed by atoms with E-state index in [0.29, 0.717) is 55.5 Å². The quantitative estimate of drug-likeness (QED) is 0.0161. The number of nitrogens with zero attached hydrogens (tertiary/aromatic N) is 1. The number of methoxy groups -OCH3 is 1. The molecule has 0 bridgehead atoms. The molecule has 3 fully saturated rings. The maximum absolute atomic E-state index is 14.0. The lowest BCUT2D eigenvalue weighted by atomic mass is 9.62. The molecule has 1 heterocycles. The lowest BCUT2D eigenvalue weighted by molar-refractivity contribution is -0.863. The van der Waals surface area contributed by atoms with Crippen molar-refractivity contribution in [1.29, 1.82) is 0 Å². The van der Waals surface area contributed by atoms with Gasteiger partial charge in [0.15, 0.2) is 0 Å². The van der Waals surface area contributed by atoms with Gasteiger partial charge in [0.1, 0.15) is 24.3 Å². The zero-order valence-corrected chi connectivity index (χ0v) is 50.1. The number of urea groups is 1. The van der Waals surface area contributed by atoms with Gasteiger partial charge in [0, 0.05) is 73.6 Å². The molecule has 0 aromatic carbocycles. The number of amides is 7. The molecule has 3 aliphatic rings. The summed E-state index contributed by atoms with van der Waals surface area (Å²) in [7, 11) is 3.23. The first kappa shape index (κ1) is 68.6. The number of nitrogens with one attached hydrogen (secondary N) is 5. The summed E-state index contributed by atoms with van der Waals surface area (Å²) in [6.45, 7) is 18.8. The Balaban J connectivity index is 1.62. The maximum Gasteiger partial charge on any atom is 0.514 e. The van der Waals surface area contributed by atoms with Crippen molar-refractivity contribution in [2.75, 3.05) is 98.6 Å². The van der Waals surface area contributed by atoms with Crippen molar-refractivity contribution in [1.82, 2.24) is 26.2 Å². The van der Waals surface area contributed by atoms with E-state index in [0.717, 1.165) is 24.2 Å². The van der Waals surface area contributed by atoms with E-state index in [-0.39, 0.29) is 62.4 Å². The van der Waals surface area contributed by atoms with Crippen LogP contribution in [0, 0.1) is 32.5 Å². The molecule has 19 nitrogen and oxygen atoms in total. The molecule has 452 valence electrons. The van der Waals surface area contributed by atoms with Gasteiger partial charge in [-0.1, -0.05) is 71.3 Å². The monoisotopic (exact) mass is 1190 g/mol. The number of quaternary nitrogens is 1. The Morgan fingerprint density at radius 3 is 1.74 bits per heavy atom. The van der Waals surface area contributed by atoms with Crippen LogP contribution in [0.2, 0.25) is 0 Å². The molecule has 2 aliphatic carbocycles. The first-order valence-electron chi connectivity index (χ1n) is 26.6. The van der Waals surface area contributed by atoms with E-state index in [4.69, 9.17) is 33.2 Å². The van der Waals surface area contributed by atoms with Crippen LogP contribution in [0.3, 0.4) is 0 Å². The van der Waals surface area contributed by atoms with Gasteiger partial charge in [-0.2, -0.15) is 26.7 Å². The van der Waals surface area contributed by atoms with E-state index in [1.54, 1.807) is 34.9 Å². The van der Waals surface area contributed by atoms with Crippen LogP contribution in [-0.2, 0) is 42.7 Å². The summed E-state index contributed by atoms with van der Waals surface area (Å²) in [6, 6.07) is -1.15. The molecule has 5 N–H and O–H groups in total. The number of halogens is 6. The fraction of sp³-hybridized carbons (Fsp3) is 0.887. The summed E-state index contributed by atoms with van der Waals surface area (Å²) in [4.78, 5) is 79.1. The van der Waals surface area contributed by atoms with E-state index < -0.39 is 108 Å². The SMILES string of the molecule is COCC(C)(CBr)COCC(C)(COCC(C)(COCC(F)(F)C(F)(F)F)COC(=O)NC1CC(C)(C)CC(C)([NH+](C)C(=O)OCCCCOC(=O)NCC2(C)CC(NC(C)=O)CC(C)(C)C2)C1)CN1C(=O)NC(C)(C)C1=O. The molecule has 0 aromatic rings. The number of alkyl carbamates (subject to hydrolysis) is 4. The minimum atomic E-state index is -5.89. The minimum Gasteiger partial charge on any atom is -0.450 e. The number of carbonyl (C=O) groups excluding carboxylic acids is 6. The van der Waals surface area contributed by atoms with Crippen molar-refractivity contribution in [3.8, 4) is 0 Å². The van der Waals surface area contributed by atoms with E-state index in [1.807, 2.05) is 27.7 Å². The minimum absolute atomic E-state index is 0.0123. The van der Waals surface area contributed by atoms with Gasteiger partial charge < -0.3 is 54.4 Å². The zero-order valence-electron chi connectivity index (χ0n) is 48.5. The van der Waals surface area contributed by atoms with E-state index >= 15 is 0 Å². The zero-order chi connectivity index (χ0) is 59.4. The van der Waals surface area contributed by atoms with Crippen LogP contribution in [0.5, 0.6) is 0 Å². The average molecular weight is 1200 g/mol. The third-order valence-electron chi connectivity index (χ3n) is 14.7. The molecule has 1 saturated heterocycles. The van der Waals surface area contributed by atoms with Crippen LogP contribution < -0.4 is 26.2 Å². The average Bonchev–Trinajstić information content (AvgIpc) is 3.47. The molecular formula is C53H91BrF5N6O13+. The Labute approximate surface area is 466 Å². The lowest BCUT2D eigenvalue weighted by Gasteiger charge is -2.47. The summed E-state index contributed by atoms with van der Waals surface area (Å²) in [5.41, 5.74) is -5.67. The smallest absolute Gasteiger partial charge is 0.450 e. The lowest BCUT2D eigenvalue weighted by Crippen LogP contribution is -3.20. The van der Waals surface area contributed by atoms with Crippen LogP contribution in [0.1, 0.15) is 134 Å². The molecular weight excluding hydrogens is 1100 g/mol. The van der Waals surface area contributed by atoms with Crippen molar-refractivity contribution in [2.45, 2.75) is 170 Å². The van der Waals surface area contributed by atoms with Gasteiger partial charge in [0.2, 0.25) is 5.91 Å². The predicted molar refractivity (Wildman–Crippen MR) is 282 cm³/mol. The third kappa shape index (κ3) is 21.3. The summed E-state index contributed by atoms with van der Waals surface area (Å²) < 4.78 is 107. The number of ether oxygens (including phenoxy) is 7. The Hall–Kier alpha value is -3.65. The number of carbonyl (C=O) groups is 6. The van der Waals surface area contributed by atoms with Crippen LogP contribution in [-0.4, -0.2) is 175 Å². The summed E-state index contributed by atoms with van der Waals surface area (Å²) in [5.74, 6) is -5.77. The standard InChI is InChI=1S/C53H90BrF5N6O13/c1-36(66)61-37-19-44(2,3)23-47(8,21-37)26-60-41(69)76-17-15-16-18-77-43(71)64(13)51(12)22-38(20-45(4,5)24-51)62-42(70)78-34-50(11,33-75-35-52(55,56)53(57,58)59)32-74-31-49(10,30-73-29-48(9,25-54)28-72-14)27-65-39(67)46(6,7)63-40(65)68/h37-38H,15-35H2,1-14H3,(H,60,69)(H,61,66)(H,62,70)(H,63,68)/p+1. The van der Waals surface area contributed by atoms with Gasteiger partial charge >= 0.3 is 36.4 Å². The fourth-order valence-electron chi connectivity index (χ4n) is 11.4. The van der Waals surface area contributed by atoms with Crippen molar-refractivity contribution >= 4 is 52.1 Å². The van der Waals surface area contributed by atoms with Gasteiger partial charge in [-0.05, 0) is 75.5 Å². The second-order valence-corrected chi connectivity index (χ2v) is 26.8. The normalized spacial score (nSPS) is 25.8. The molecule has 8 atom stereocenters.